The lowest BCUT2D eigenvalue weighted by Gasteiger charge is -2.35. The molecule has 0 fully saturated rings. The number of terminal acetylenes is 1. The first-order valence-corrected chi connectivity index (χ1v) is 8.37. The Morgan fingerprint density at radius 3 is 2.57 bits per heavy atom. The van der Waals surface area contributed by atoms with E-state index in [2.05, 4.69) is 5.92 Å². The predicted molar refractivity (Wildman–Crippen MR) is 65.8 cm³/mol. The fourth-order valence-electron chi connectivity index (χ4n) is 1.13. The highest BCUT2D eigenvalue weighted by Crippen LogP contribution is 2.26. The van der Waals surface area contributed by atoms with Gasteiger partial charge in [0.2, 0.25) is 0 Å². The van der Waals surface area contributed by atoms with Gasteiger partial charge in [0.15, 0.2) is 8.32 Å². The Bertz CT molecular complexity index is 339. The molecule has 0 spiro atoms. The highest BCUT2D eigenvalue weighted by atomic mass is 28.4. The molecule has 0 aliphatic carbocycles. The minimum absolute atomic E-state index is 0.109. The molecule has 1 unspecified atom stereocenters. The van der Waals surface area contributed by atoms with Crippen LogP contribution in [0.1, 0.15) is 46.3 Å². The molecule has 0 aliphatic rings. The van der Waals surface area contributed by atoms with Crippen molar-refractivity contribution in [2.24, 2.45) is 0 Å². The van der Waals surface area contributed by atoms with Crippen molar-refractivity contribution in [3.05, 3.63) is 0 Å². The molecular weight excluding hydrogens is 188 g/mol. The molecule has 0 saturated carbocycles. The maximum Gasteiger partial charge on any atom is 0.184 e. The summed E-state index contributed by atoms with van der Waals surface area (Å²) in [7, 11) is -2.27. The van der Waals surface area contributed by atoms with Crippen molar-refractivity contribution >= 4 is 8.32 Å². The fourth-order valence-corrected chi connectivity index (χ4v) is 2.32. The quantitative estimate of drug-likeness (QED) is 0.485. The molecule has 0 radical (unpaired) electrons. The van der Waals surface area contributed by atoms with Crippen LogP contribution in [0.4, 0.5) is 0 Å². The second-order valence-corrected chi connectivity index (χ2v) is 8.78. The number of rotatable bonds is 6. The zero-order chi connectivity index (χ0) is 15.5. The zero-order valence-corrected chi connectivity index (χ0v) is 10.6. The van der Waals surface area contributed by atoms with Crippen molar-refractivity contribution in [2.75, 3.05) is 0 Å². The molecule has 0 aromatic carbocycles. The number of hydrogen-bond acceptors (Lipinski definition) is 1. The minimum Gasteiger partial charge on any atom is -0.411 e. The molecule has 82 valence electrons. The molecule has 0 bridgehead atoms. The minimum atomic E-state index is -2.60. The Balaban J connectivity index is 5.87. The van der Waals surface area contributed by atoms with Gasteiger partial charge in [-0.15, -0.1) is 12.3 Å². The van der Waals surface area contributed by atoms with Crippen molar-refractivity contribution in [3.63, 3.8) is 0 Å². The third kappa shape index (κ3) is 6.23. The van der Waals surface area contributed by atoms with Crippen LogP contribution in [0.15, 0.2) is 0 Å². The van der Waals surface area contributed by atoms with Crippen LogP contribution in [0.3, 0.4) is 0 Å². The lowest BCUT2D eigenvalue weighted by atomic mass is 9.96. The lowest BCUT2D eigenvalue weighted by molar-refractivity contribution is 0.0739. The molecule has 1 nitrogen and oxygen atoms in total. The van der Waals surface area contributed by atoms with Crippen molar-refractivity contribution in [1.29, 1.82) is 0 Å². The predicted octanol–water partition coefficient (Wildman–Crippen LogP) is 3.81. The van der Waals surface area contributed by atoms with Crippen molar-refractivity contribution < 1.29 is 11.3 Å². The normalized spacial score (nSPS) is 23.2. The van der Waals surface area contributed by atoms with E-state index >= 15 is 0 Å². The number of hydrogen-bond donors (Lipinski definition) is 0. The lowest BCUT2D eigenvalue weighted by Crippen LogP contribution is -2.40. The molecule has 0 aromatic heterocycles. The van der Waals surface area contributed by atoms with Gasteiger partial charge in [-0.05, 0) is 32.9 Å². The summed E-state index contributed by atoms with van der Waals surface area (Å²) in [5.41, 5.74) is -1.92. The second-order valence-electron chi connectivity index (χ2n) is 4.35. The average Bonchev–Trinajstić information content (AvgIpc) is 2.12. The first-order valence-electron chi connectivity index (χ1n) is 7.46. The monoisotopic (exact) mass is 217 g/mol. The molecule has 0 amide bonds. The SMILES string of the molecule is [2H]C([2H])([2H])C(CC#C)(O[Si](C)(C)C)C([2H])([2H])CCC. The van der Waals surface area contributed by atoms with E-state index in [1.165, 1.54) is 0 Å². The first-order chi connectivity index (χ1) is 8.33. The summed E-state index contributed by atoms with van der Waals surface area (Å²) in [6.07, 6.45) is 3.70. The van der Waals surface area contributed by atoms with Gasteiger partial charge >= 0.3 is 0 Å². The van der Waals surface area contributed by atoms with Crippen LogP contribution in [-0.4, -0.2) is 13.9 Å². The first kappa shape index (κ1) is 7.08. The summed E-state index contributed by atoms with van der Waals surface area (Å²) in [6, 6.07) is 0. The van der Waals surface area contributed by atoms with Gasteiger partial charge in [0.25, 0.3) is 0 Å². The molecule has 1 atom stereocenters. The van der Waals surface area contributed by atoms with Gasteiger partial charge in [0.1, 0.15) is 0 Å². The van der Waals surface area contributed by atoms with Gasteiger partial charge in [0.05, 0.1) is 5.60 Å². The van der Waals surface area contributed by atoms with Crippen molar-refractivity contribution in [3.8, 4) is 12.3 Å². The highest BCUT2D eigenvalue weighted by Gasteiger charge is 2.30. The summed E-state index contributed by atoms with van der Waals surface area (Å²) in [4.78, 5) is 0. The van der Waals surface area contributed by atoms with E-state index in [9.17, 15) is 0 Å². The molecule has 2 heteroatoms. The smallest absolute Gasteiger partial charge is 0.184 e. The van der Waals surface area contributed by atoms with Crippen LogP contribution in [-0.2, 0) is 4.43 Å². The Hall–Kier alpha value is -0.263. The summed E-state index contributed by atoms with van der Waals surface area (Å²) in [5, 5.41) is 0. The summed E-state index contributed by atoms with van der Waals surface area (Å²) in [5.74, 6) is 2.30. The van der Waals surface area contributed by atoms with Crippen LogP contribution in [0, 0.1) is 12.3 Å². The van der Waals surface area contributed by atoms with Crippen LogP contribution in [0.5, 0.6) is 0 Å². The maximum atomic E-state index is 8.18. The Morgan fingerprint density at radius 1 is 1.57 bits per heavy atom. The van der Waals surface area contributed by atoms with Gasteiger partial charge in [0, 0.05) is 13.3 Å². The van der Waals surface area contributed by atoms with E-state index in [0.29, 0.717) is 6.42 Å². The fraction of sp³-hybridized carbons (Fsp3) is 0.833. The third-order valence-corrected chi connectivity index (χ3v) is 2.45. The molecule has 14 heavy (non-hydrogen) atoms. The maximum absolute atomic E-state index is 8.18. The molecule has 0 saturated heterocycles. The topological polar surface area (TPSA) is 9.23 Å². The van der Waals surface area contributed by atoms with E-state index in [4.69, 9.17) is 17.7 Å². The van der Waals surface area contributed by atoms with Gasteiger partial charge in [-0.25, -0.2) is 0 Å². The van der Waals surface area contributed by atoms with Gasteiger partial charge in [-0.1, -0.05) is 19.8 Å². The largest absolute Gasteiger partial charge is 0.411 e. The Kier molecular flexibility index (Phi) is 2.82. The third-order valence-electron chi connectivity index (χ3n) is 1.49. The molecule has 0 rings (SSSR count). The molecular formula is C12H24OSi. The zero-order valence-electron chi connectivity index (χ0n) is 14.6. The molecule has 0 N–H and O–H groups in total. The second kappa shape index (κ2) is 5.58. The highest BCUT2D eigenvalue weighted by molar-refractivity contribution is 6.69. The van der Waals surface area contributed by atoms with Gasteiger partial charge in [-0.2, -0.15) is 0 Å². The standard InChI is InChI=1S/C12H24OSi/c1-7-9-11-12(3,10-8-2)13-14(4,5)6/h2H,7,9-11H2,1,3-6H3/i3D3,11D2. The van der Waals surface area contributed by atoms with Gasteiger partial charge < -0.3 is 4.43 Å². The van der Waals surface area contributed by atoms with Gasteiger partial charge in [-0.3, -0.25) is 0 Å². The molecule has 0 heterocycles. The average molecular weight is 217 g/mol. The summed E-state index contributed by atoms with van der Waals surface area (Å²) in [6.45, 7) is 4.73. The molecule has 0 aliphatic heterocycles. The summed E-state index contributed by atoms with van der Waals surface area (Å²) >= 11 is 0. The Labute approximate surface area is 97.4 Å². The van der Waals surface area contributed by atoms with E-state index in [1.807, 2.05) is 26.6 Å². The van der Waals surface area contributed by atoms with Crippen LogP contribution >= 0.6 is 0 Å². The van der Waals surface area contributed by atoms with E-state index in [1.54, 1.807) is 0 Å². The van der Waals surface area contributed by atoms with E-state index in [0.717, 1.165) is 0 Å². The summed E-state index contributed by atoms with van der Waals surface area (Å²) < 4.78 is 45.4. The van der Waals surface area contributed by atoms with E-state index in [-0.39, 0.29) is 12.8 Å². The van der Waals surface area contributed by atoms with Crippen LogP contribution in [0.25, 0.3) is 0 Å². The van der Waals surface area contributed by atoms with E-state index < -0.39 is 27.1 Å². The van der Waals surface area contributed by atoms with Crippen molar-refractivity contribution in [2.45, 2.75) is 64.7 Å². The van der Waals surface area contributed by atoms with Crippen LogP contribution < -0.4 is 0 Å². The van der Waals surface area contributed by atoms with Crippen molar-refractivity contribution in [1.82, 2.24) is 0 Å². The molecule has 0 aromatic rings. The van der Waals surface area contributed by atoms with Crippen LogP contribution in [0.2, 0.25) is 19.6 Å². The Morgan fingerprint density at radius 2 is 2.21 bits per heavy atom.